The molecule has 2 aromatic heterocycles. The van der Waals surface area contributed by atoms with E-state index in [1.165, 1.54) is 16.8 Å². The molecule has 3 rings (SSSR count). The van der Waals surface area contributed by atoms with E-state index in [4.69, 9.17) is 10.00 Å². The minimum absolute atomic E-state index is 0.133. The number of nitrogens with zero attached hydrogens (tertiary/aromatic N) is 5. The zero-order valence-corrected chi connectivity index (χ0v) is 19.3. The first-order chi connectivity index (χ1) is 15.6. The summed E-state index contributed by atoms with van der Waals surface area (Å²) < 4.78 is 32.1. The zero-order chi connectivity index (χ0) is 24.2. The van der Waals surface area contributed by atoms with E-state index in [1.54, 1.807) is 13.8 Å². The van der Waals surface area contributed by atoms with E-state index in [0.29, 0.717) is 17.1 Å². The van der Waals surface area contributed by atoms with Crippen molar-refractivity contribution < 1.29 is 17.9 Å². The number of sulfonamides is 1. The van der Waals surface area contributed by atoms with Crippen LogP contribution in [0.4, 0.5) is 16.3 Å². The maximum atomic E-state index is 12.6. The quantitative estimate of drug-likeness (QED) is 0.535. The van der Waals surface area contributed by atoms with Crippen molar-refractivity contribution in [3.05, 3.63) is 53.2 Å². The van der Waals surface area contributed by atoms with Crippen molar-refractivity contribution in [2.45, 2.75) is 33.4 Å². The Labute approximate surface area is 191 Å². The van der Waals surface area contributed by atoms with Gasteiger partial charge in [-0.3, -0.25) is 10.0 Å². The largest absolute Gasteiger partial charge is 0.441 e. The number of hydrogen-bond donors (Lipinski definition) is 2. The second-order valence-corrected chi connectivity index (χ2v) is 9.14. The lowest BCUT2D eigenvalue weighted by Crippen LogP contribution is -2.19. The molecule has 0 bridgehead atoms. The van der Waals surface area contributed by atoms with Crippen LogP contribution in [0.25, 0.3) is 11.4 Å². The lowest BCUT2D eigenvalue weighted by molar-refractivity contribution is 0.121. The summed E-state index contributed by atoms with van der Waals surface area (Å²) in [6.07, 6.45) is -0.229. The van der Waals surface area contributed by atoms with Crippen LogP contribution in [0, 0.1) is 25.2 Å². The fourth-order valence-corrected chi connectivity index (χ4v) is 3.59. The smallest absolute Gasteiger partial charge is 0.413 e. The first kappa shape index (κ1) is 23.7. The predicted molar refractivity (Wildman–Crippen MR) is 122 cm³/mol. The molecule has 0 unspecified atom stereocenters. The Balaban J connectivity index is 1.86. The van der Waals surface area contributed by atoms with Crippen molar-refractivity contribution in [1.29, 1.82) is 5.26 Å². The van der Waals surface area contributed by atoms with Crippen LogP contribution >= 0.6 is 0 Å². The number of carbonyl (C=O) groups excluding carboxylic acids is 1. The van der Waals surface area contributed by atoms with Gasteiger partial charge in [-0.05, 0) is 38.5 Å². The van der Waals surface area contributed by atoms with Crippen LogP contribution in [-0.4, -0.2) is 40.7 Å². The Kier molecular flexibility index (Phi) is 6.93. The first-order valence-corrected chi connectivity index (χ1v) is 11.8. The van der Waals surface area contributed by atoms with Crippen LogP contribution in [0.3, 0.4) is 0 Å². The van der Waals surface area contributed by atoms with E-state index in [1.807, 2.05) is 37.3 Å². The summed E-state index contributed by atoms with van der Waals surface area (Å²) in [5, 5.41) is 19.7. The Morgan fingerprint density at radius 2 is 1.91 bits per heavy atom. The molecule has 0 saturated carbocycles. The van der Waals surface area contributed by atoms with Crippen molar-refractivity contribution in [2.24, 2.45) is 0 Å². The van der Waals surface area contributed by atoms with E-state index in [-0.39, 0.29) is 18.1 Å². The topological polar surface area (TPSA) is 152 Å². The fourth-order valence-electron chi connectivity index (χ4n) is 2.98. The van der Waals surface area contributed by atoms with E-state index < -0.39 is 22.2 Å². The Morgan fingerprint density at radius 3 is 2.52 bits per heavy atom. The molecular weight excluding hydrogens is 446 g/mol. The molecule has 33 heavy (non-hydrogen) atoms. The van der Waals surface area contributed by atoms with E-state index in [0.717, 1.165) is 17.4 Å². The summed E-state index contributed by atoms with van der Waals surface area (Å²) >= 11 is 0. The van der Waals surface area contributed by atoms with Crippen molar-refractivity contribution in [3.8, 4) is 17.5 Å². The number of nitrogens with one attached hydrogen (secondary N) is 2. The predicted octanol–water partition coefficient (Wildman–Crippen LogP) is 3.16. The van der Waals surface area contributed by atoms with E-state index in [2.05, 4.69) is 25.3 Å². The van der Waals surface area contributed by atoms with E-state index in [9.17, 15) is 13.2 Å². The number of amides is 1. The molecule has 0 aliphatic rings. The summed E-state index contributed by atoms with van der Waals surface area (Å²) in [6.45, 7) is 5.17. The van der Waals surface area contributed by atoms with Crippen molar-refractivity contribution in [3.63, 3.8) is 0 Å². The normalized spacial score (nSPS) is 12.0. The monoisotopic (exact) mass is 469 g/mol. The van der Waals surface area contributed by atoms with Gasteiger partial charge in [0, 0.05) is 0 Å². The molecule has 1 atom stereocenters. The highest BCUT2D eigenvalue weighted by Crippen LogP contribution is 2.27. The van der Waals surface area contributed by atoms with Gasteiger partial charge >= 0.3 is 6.09 Å². The standard InChI is InChI=1S/C21H23N7O4S/c1-13-5-7-16(8-6-13)15(3)32-21(29)24-20-19(25-27-28(20)12-11-22)18-10-9-17(14(2)23-18)26-33(4,30)31/h5-10,15,26H,12H2,1-4H3,(H,24,29)/t15-/m1/s1. The molecule has 11 nitrogen and oxygen atoms in total. The highest BCUT2D eigenvalue weighted by atomic mass is 32.2. The molecule has 1 amide bonds. The highest BCUT2D eigenvalue weighted by molar-refractivity contribution is 7.92. The van der Waals surface area contributed by atoms with E-state index >= 15 is 0 Å². The molecule has 0 fully saturated rings. The second-order valence-electron chi connectivity index (χ2n) is 7.39. The van der Waals surface area contributed by atoms with Crippen molar-refractivity contribution in [1.82, 2.24) is 20.0 Å². The molecule has 0 aliphatic carbocycles. The third-order valence-corrected chi connectivity index (χ3v) is 5.22. The molecular formula is C21H23N7O4S. The fraction of sp³-hybridized carbons (Fsp3) is 0.286. The molecule has 0 spiro atoms. The minimum Gasteiger partial charge on any atom is -0.441 e. The maximum Gasteiger partial charge on any atom is 0.413 e. The number of aromatic nitrogens is 4. The van der Waals surface area contributed by atoms with Gasteiger partial charge < -0.3 is 4.74 Å². The average molecular weight is 470 g/mol. The maximum absolute atomic E-state index is 12.6. The number of ether oxygens (including phenoxy) is 1. The Hall–Kier alpha value is -3.98. The average Bonchev–Trinajstić information content (AvgIpc) is 3.11. The molecule has 0 aliphatic heterocycles. The van der Waals surface area contributed by atoms with Gasteiger partial charge in [0.1, 0.15) is 12.6 Å². The van der Waals surface area contributed by atoms with Crippen LogP contribution < -0.4 is 10.0 Å². The number of benzene rings is 1. The molecule has 172 valence electrons. The summed E-state index contributed by atoms with van der Waals surface area (Å²) in [7, 11) is -3.47. The second kappa shape index (κ2) is 9.66. The number of anilines is 2. The summed E-state index contributed by atoms with van der Waals surface area (Å²) in [6, 6.07) is 12.6. The van der Waals surface area contributed by atoms with Crippen molar-refractivity contribution >= 4 is 27.6 Å². The van der Waals surface area contributed by atoms with Gasteiger partial charge in [-0.1, -0.05) is 35.0 Å². The van der Waals surface area contributed by atoms with Gasteiger partial charge in [0.25, 0.3) is 0 Å². The lowest BCUT2D eigenvalue weighted by Gasteiger charge is -2.15. The SMILES string of the molecule is Cc1ccc([C@@H](C)OC(=O)Nc2c(-c3ccc(NS(C)(=O)=O)c(C)n3)nnn2CC#N)cc1. The van der Waals surface area contributed by atoms with Crippen LogP contribution in [0.1, 0.15) is 29.8 Å². The van der Waals surface area contributed by atoms with Crippen molar-refractivity contribution in [2.75, 3.05) is 16.3 Å². The van der Waals surface area contributed by atoms with Crippen LogP contribution in [0.5, 0.6) is 0 Å². The number of hydrogen-bond acceptors (Lipinski definition) is 8. The van der Waals surface area contributed by atoms with Gasteiger partial charge in [-0.2, -0.15) is 5.26 Å². The van der Waals surface area contributed by atoms with Gasteiger partial charge in [0.15, 0.2) is 11.5 Å². The first-order valence-electron chi connectivity index (χ1n) is 9.88. The number of rotatable bonds is 7. The molecule has 0 radical (unpaired) electrons. The van der Waals surface area contributed by atoms with Crippen LogP contribution in [0.15, 0.2) is 36.4 Å². The molecule has 0 saturated heterocycles. The highest BCUT2D eigenvalue weighted by Gasteiger charge is 2.21. The molecule has 2 N–H and O–H groups in total. The molecule has 1 aromatic carbocycles. The lowest BCUT2D eigenvalue weighted by atomic mass is 10.1. The third-order valence-electron chi connectivity index (χ3n) is 4.63. The molecule has 3 aromatic rings. The number of carbonyl (C=O) groups is 1. The van der Waals surface area contributed by atoms with Gasteiger partial charge in [-0.15, -0.1) is 5.10 Å². The number of pyridine rings is 1. The molecule has 12 heteroatoms. The minimum atomic E-state index is -3.47. The number of nitriles is 1. The summed E-state index contributed by atoms with van der Waals surface area (Å²) in [5.74, 6) is 0.133. The Bertz CT molecular complexity index is 1310. The van der Waals surface area contributed by atoms with Gasteiger partial charge in [0.05, 0.1) is 29.4 Å². The third kappa shape index (κ3) is 6.05. The molecule has 2 heterocycles. The number of aryl methyl sites for hydroxylation is 2. The van der Waals surface area contributed by atoms with Gasteiger partial charge in [0.2, 0.25) is 10.0 Å². The van der Waals surface area contributed by atoms with Gasteiger partial charge in [-0.25, -0.2) is 22.9 Å². The summed E-state index contributed by atoms with van der Waals surface area (Å²) in [5.41, 5.74) is 3.16. The zero-order valence-electron chi connectivity index (χ0n) is 18.5. The van der Waals surface area contributed by atoms with Crippen LogP contribution in [0.2, 0.25) is 0 Å². The van der Waals surface area contributed by atoms with Crippen LogP contribution in [-0.2, 0) is 21.3 Å². The summed E-state index contributed by atoms with van der Waals surface area (Å²) in [4.78, 5) is 17.0. The Morgan fingerprint density at radius 1 is 1.21 bits per heavy atom.